The molecule has 0 aliphatic rings. The summed E-state index contributed by atoms with van der Waals surface area (Å²) < 4.78 is 26.5. The van der Waals surface area contributed by atoms with Crippen LogP contribution in [-0.4, -0.2) is 15.0 Å². The van der Waals surface area contributed by atoms with E-state index >= 15 is 0 Å². The number of hydrogen-bond acceptors (Lipinski definition) is 6. The van der Waals surface area contributed by atoms with Gasteiger partial charge in [-0.2, -0.15) is 0 Å². The fourth-order valence-electron chi connectivity index (χ4n) is 2.64. The third kappa shape index (κ3) is 3.32. The number of fused-ring (bicyclic) bond motifs is 1. The van der Waals surface area contributed by atoms with Crippen molar-refractivity contribution in [2.75, 3.05) is 16.4 Å². The topological polar surface area (TPSA) is 88.8 Å². The van der Waals surface area contributed by atoms with Crippen LogP contribution in [0.2, 0.25) is 0 Å². The first kappa shape index (κ1) is 16.6. The highest BCUT2D eigenvalue weighted by Gasteiger charge is 2.11. The van der Waals surface area contributed by atoms with Crippen molar-refractivity contribution in [1.82, 2.24) is 15.0 Å². The van der Waals surface area contributed by atoms with E-state index in [9.17, 15) is 8.78 Å². The van der Waals surface area contributed by atoms with Crippen LogP contribution < -0.4 is 16.4 Å². The maximum Gasteiger partial charge on any atom is 0.160 e. The van der Waals surface area contributed by atoms with Crippen molar-refractivity contribution in [3.8, 4) is 0 Å². The Balaban J connectivity index is 1.66. The molecule has 27 heavy (non-hydrogen) atoms. The van der Waals surface area contributed by atoms with Gasteiger partial charge >= 0.3 is 0 Å². The van der Waals surface area contributed by atoms with Crippen LogP contribution in [0.25, 0.3) is 10.9 Å². The lowest BCUT2D eigenvalue weighted by Gasteiger charge is -2.13. The smallest absolute Gasteiger partial charge is 0.160 e. The van der Waals surface area contributed by atoms with Crippen LogP contribution in [0, 0.1) is 11.6 Å². The van der Waals surface area contributed by atoms with Gasteiger partial charge in [0.25, 0.3) is 0 Å². The minimum atomic E-state index is -0.965. The van der Waals surface area contributed by atoms with Crippen LogP contribution in [0.3, 0.4) is 0 Å². The summed E-state index contributed by atoms with van der Waals surface area (Å²) in [5.74, 6) is -1.25. The Morgan fingerprint density at radius 2 is 1.59 bits per heavy atom. The van der Waals surface area contributed by atoms with Crippen molar-refractivity contribution in [1.29, 1.82) is 0 Å². The SMILES string of the molecule is Nc1c(Nc2ccc(F)c(F)c2)ncnc1Nc1cccc2cccnc12. The minimum Gasteiger partial charge on any atom is -0.393 e. The summed E-state index contributed by atoms with van der Waals surface area (Å²) in [5.41, 5.74) is 8.21. The number of nitrogens with one attached hydrogen (secondary N) is 2. The zero-order valence-corrected chi connectivity index (χ0v) is 13.9. The summed E-state index contributed by atoms with van der Waals surface area (Å²) in [6.45, 7) is 0. The zero-order valence-electron chi connectivity index (χ0n) is 13.9. The van der Waals surface area contributed by atoms with Gasteiger partial charge in [0.1, 0.15) is 12.0 Å². The standard InChI is InChI=1S/C19H14F2N6/c20-13-7-6-12(9-14(13)21)26-18-16(22)19(25-10-24-18)27-15-5-1-3-11-4-2-8-23-17(11)15/h1-10H,22H2,(H2,24,25,26,27). The van der Waals surface area contributed by atoms with Crippen LogP contribution in [-0.2, 0) is 0 Å². The van der Waals surface area contributed by atoms with Crippen molar-refractivity contribution >= 4 is 39.6 Å². The third-order valence-corrected chi connectivity index (χ3v) is 3.95. The second-order valence-electron chi connectivity index (χ2n) is 5.74. The number of nitrogen functional groups attached to an aromatic ring is 1. The van der Waals surface area contributed by atoms with Gasteiger partial charge in [0.05, 0.1) is 11.2 Å². The molecular formula is C19H14F2N6. The Labute approximate surface area is 153 Å². The Morgan fingerprint density at radius 3 is 2.41 bits per heavy atom. The molecule has 4 rings (SSSR count). The summed E-state index contributed by atoms with van der Waals surface area (Å²) in [5, 5.41) is 6.98. The number of nitrogens with zero attached hydrogens (tertiary/aromatic N) is 3. The quantitative estimate of drug-likeness (QED) is 0.498. The average Bonchev–Trinajstić information content (AvgIpc) is 2.68. The van der Waals surface area contributed by atoms with Gasteiger partial charge in [-0.1, -0.05) is 18.2 Å². The molecule has 2 heterocycles. The first-order valence-corrected chi connectivity index (χ1v) is 8.05. The molecule has 2 aromatic heterocycles. The van der Waals surface area contributed by atoms with E-state index in [4.69, 9.17) is 5.73 Å². The van der Waals surface area contributed by atoms with Gasteiger partial charge in [0, 0.05) is 23.3 Å². The van der Waals surface area contributed by atoms with Crippen LogP contribution in [0.4, 0.5) is 37.5 Å². The fourth-order valence-corrected chi connectivity index (χ4v) is 2.64. The number of aromatic nitrogens is 3. The van der Waals surface area contributed by atoms with E-state index in [1.807, 2.05) is 30.3 Å². The second kappa shape index (κ2) is 6.83. The van der Waals surface area contributed by atoms with E-state index < -0.39 is 11.6 Å². The third-order valence-electron chi connectivity index (χ3n) is 3.95. The number of anilines is 5. The Hall–Kier alpha value is -3.81. The van der Waals surface area contributed by atoms with E-state index in [1.54, 1.807) is 6.20 Å². The molecule has 0 spiro atoms. The Morgan fingerprint density at radius 1 is 0.815 bits per heavy atom. The van der Waals surface area contributed by atoms with Crippen molar-refractivity contribution in [3.05, 3.63) is 72.7 Å². The molecule has 0 atom stereocenters. The molecule has 6 nitrogen and oxygen atoms in total. The molecule has 0 amide bonds. The highest BCUT2D eigenvalue weighted by molar-refractivity contribution is 5.93. The predicted molar refractivity (Wildman–Crippen MR) is 101 cm³/mol. The molecule has 134 valence electrons. The van der Waals surface area contributed by atoms with E-state index in [-0.39, 0.29) is 11.5 Å². The highest BCUT2D eigenvalue weighted by Crippen LogP contribution is 2.30. The first-order chi connectivity index (χ1) is 13.1. The van der Waals surface area contributed by atoms with E-state index in [1.165, 1.54) is 12.4 Å². The maximum atomic E-state index is 13.4. The first-order valence-electron chi connectivity index (χ1n) is 8.05. The highest BCUT2D eigenvalue weighted by atomic mass is 19.2. The number of halogens is 2. The van der Waals surface area contributed by atoms with Gasteiger partial charge in [-0.05, 0) is 24.3 Å². The van der Waals surface area contributed by atoms with Gasteiger partial charge in [0.2, 0.25) is 0 Å². The molecule has 4 N–H and O–H groups in total. The second-order valence-corrected chi connectivity index (χ2v) is 5.74. The van der Waals surface area contributed by atoms with Crippen molar-refractivity contribution in [3.63, 3.8) is 0 Å². The summed E-state index contributed by atoms with van der Waals surface area (Å²) in [4.78, 5) is 12.6. The molecule has 4 aromatic rings. The minimum absolute atomic E-state index is 0.232. The molecular weight excluding hydrogens is 350 g/mol. The lowest BCUT2D eigenvalue weighted by Crippen LogP contribution is -2.05. The van der Waals surface area contributed by atoms with E-state index in [0.29, 0.717) is 11.5 Å². The molecule has 0 bridgehead atoms. The van der Waals surface area contributed by atoms with Crippen LogP contribution in [0.15, 0.2) is 61.1 Å². The molecule has 0 unspecified atom stereocenters. The number of para-hydroxylation sites is 1. The molecule has 0 saturated heterocycles. The van der Waals surface area contributed by atoms with Gasteiger partial charge in [0.15, 0.2) is 23.3 Å². The summed E-state index contributed by atoms with van der Waals surface area (Å²) in [7, 11) is 0. The average molecular weight is 364 g/mol. The van der Waals surface area contributed by atoms with E-state index in [0.717, 1.165) is 28.7 Å². The molecule has 0 fully saturated rings. The van der Waals surface area contributed by atoms with Crippen molar-refractivity contribution in [2.24, 2.45) is 0 Å². The molecule has 0 aliphatic carbocycles. The number of rotatable bonds is 4. The number of pyridine rings is 1. The van der Waals surface area contributed by atoms with Crippen molar-refractivity contribution in [2.45, 2.75) is 0 Å². The summed E-state index contributed by atoms with van der Waals surface area (Å²) in [6, 6.07) is 13.0. The lowest BCUT2D eigenvalue weighted by atomic mass is 10.2. The van der Waals surface area contributed by atoms with Gasteiger partial charge in [-0.3, -0.25) is 4.98 Å². The van der Waals surface area contributed by atoms with Crippen molar-refractivity contribution < 1.29 is 8.78 Å². The van der Waals surface area contributed by atoms with Gasteiger partial charge in [-0.15, -0.1) is 0 Å². The Kier molecular flexibility index (Phi) is 4.21. The Bertz CT molecular complexity index is 1130. The summed E-state index contributed by atoms with van der Waals surface area (Å²) in [6.07, 6.45) is 3.02. The number of hydrogen-bond donors (Lipinski definition) is 3. The monoisotopic (exact) mass is 364 g/mol. The lowest BCUT2D eigenvalue weighted by molar-refractivity contribution is 0.509. The molecule has 8 heteroatoms. The molecule has 0 aliphatic heterocycles. The summed E-state index contributed by atoms with van der Waals surface area (Å²) >= 11 is 0. The molecule has 0 saturated carbocycles. The fraction of sp³-hybridized carbons (Fsp3) is 0. The normalized spacial score (nSPS) is 10.7. The number of nitrogens with two attached hydrogens (primary N) is 1. The van der Waals surface area contributed by atoms with E-state index in [2.05, 4.69) is 25.6 Å². The van der Waals surface area contributed by atoms with Crippen LogP contribution in [0.5, 0.6) is 0 Å². The largest absolute Gasteiger partial charge is 0.393 e. The van der Waals surface area contributed by atoms with Gasteiger partial charge < -0.3 is 16.4 Å². The number of benzene rings is 2. The predicted octanol–water partition coefficient (Wildman–Crippen LogP) is 4.37. The van der Waals surface area contributed by atoms with Crippen LogP contribution in [0.1, 0.15) is 0 Å². The maximum absolute atomic E-state index is 13.4. The zero-order chi connectivity index (χ0) is 18.8. The molecule has 2 aromatic carbocycles. The molecule has 0 radical (unpaired) electrons. The van der Waals surface area contributed by atoms with Gasteiger partial charge in [-0.25, -0.2) is 18.7 Å². The van der Waals surface area contributed by atoms with Crippen LogP contribution >= 0.6 is 0 Å².